The summed E-state index contributed by atoms with van der Waals surface area (Å²) in [6.45, 7) is 6.06. The number of hydrogen-bond acceptors (Lipinski definition) is 6. The molecule has 0 aliphatic carbocycles. The minimum atomic E-state index is -0.297. The summed E-state index contributed by atoms with van der Waals surface area (Å²) >= 11 is 0. The number of carbonyl (C=O) groups is 2. The zero-order chi connectivity index (χ0) is 20.8. The normalized spacial score (nSPS) is 21.7. The van der Waals surface area contributed by atoms with Gasteiger partial charge in [-0.1, -0.05) is 20.3 Å². The average molecular weight is 401 g/mol. The maximum atomic E-state index is 13.1. The highest BCUT2D eigenvalue weighted by Crippen LogP contribution is 2.35. The molecule has 156 valence electrons. The van der Waals surface area contributed by atoms with Crippen molar-refractivity contribution in [2.45, 2.75) is 51.8 Å². The number of nitrogens with zero attached hydrogens (tertiary/aromatic N) is 5. The molecule has 0 radical (unpaired) electrons. The molecule has 0 saturated carbocycles. The van der Waals surface area contributed by atoms with Crippen LogP contribution in [0.3, 0.4) is 0 Å². The molecule has 1 N–H and O–H groups in total. The monoisotopic (exact) mass is 401 g/mol. The van der Waals surface area contributed by atoms with Crippen molar-refractivity contribution in [2.24, 2.45) is 5.92 Å². The molecule has 2 aliphatic rings. The van der Waals surface area contributed by atoms with Gasteiger partial charge in [0.1, 0.15) is 6.10 Å². The predicted octanol–water partition coefficient (Wildman–Crippen LogP) is 2.15. The van der Waals surface area contributed by atoms with Crippen molar-refractivity contribution >= 4 is 12.4 Å². The van der Waals surface area contributed by atoms with Gasteiger partial charge >= 0.3 is 0 Å². The second kappa shape index (κ2) is 9.60. The second-order valence-electron chi connectivity index (χ2n) is 7.23. The summed E-state index contributed by atoms with van der Waals surface area (Å²) in [6, 6.07) is 3.78. The van der Waals surface area contributed by atoms with Gasteiger partial charge in [0.2, 0.25) is 0 Å². The molecule has 4 heterocycles. The van der Waals surface area contributed by atoms with Crippen molar-refractivity contribution in [2.75, 3.05) is 13.2 Å². The van der Waals surface area contributed by atoms with Crippen LogP contribution in [0.5, 0.6) is 0 Å². The average Bonchev–Trinajstić information content (AvgIpc) is 3.43. The van der Waals surface area contributed by atoms with Gasteiger partial charge < -0.3 is 14.7 Å². The van der Waals surface area contributed by atoms with E-state index < -0.39 is 0 Å². The zero-order valence-electron chi connectivity index (χ0n) is 16.8. The van der Waals surface area contributed by atoms with Gasteiger partial charge in [0.05, 0.1) is 12.6 Å². The molecule has 0 aromatic carbocycles. The van der Waals surface area contributed by atoms with E-state index in [0.717, 1.165) is 30.7 Å². The van der Waals surface area contributed by atoms with E-state index in [1.165, 1.54) is 0 Å². The van der Waals surface area contributed by atoms with Crippen LogP contribution in [0.1, 0.15) is 45.0 Å². The maximum Gasteiger partial charge on any atom is 0.290 e. The third kappa shape index (κ3) is 4.45. The van der Waals surface area contributed by atoms with Crippen molar-refractivity contribution in [1.29, 1.82) is 0 Å². The Morgan fingerprint density at radius 2 is 2.24 bits per heavy atom. The van der Waals surface area contributed by atoms with Crippen LogP contribution >= 0.6 is 0 Å². The number of fused-ring (bicyclic) bond motifs is 1. The van der Waals surface area contributed by atoms with Crippen LogP contribution in [0.15, 0.2) is 24.5 Å². The third-order valence-corrected chi connectivity index (χ3v) is 5.44. The quantitative estimate of drug-likeness (QED) is 0.782. The van der Waals surface area contributed by atoms with E-state index in [1.807, 2.05) is 21.7 Å². The van der Waals surface area contributed by atoms with Crippen LogP contribution < -0.4 is 0 Å². The Balaban J connectivity index is 0.000000755. The van der Waals surface area contributed by atoms with Crippen LogP contribution in [0.2, 0.25) is 0 Å². The second-order valence-corrected chi connectivity index (χ2v) is 7.23. The largest absolute Gasteiger partial charge is 0.483 e. The van der Waals surface area contributed by atoms with E-state index in [9.17, 15) is 4.79 Å². The first kappa shape index (κ1) is 20.9. The van der Waals surface area contributed by atoms with Gasteiger partial charge in [0.25, 0.3) is 12.4 Å². The molecule has 1 amide bonds. The number of carboxylic acid groups (broad SMARTS) is 1. The standard InChI is InChI=1S/C19H25N5O2.CH2O2/c1-3-13(2)16-18-21-17(14-6-4-8-20-12-14)22-24(18)10-9-23(16)19(25)15-7-5-11-26-15;2-1-3/h4,6,8,12-13,15-16H,3,5,7,9-11H2,1-2H3;1H,(H,2,3)/t13-,15+,16-;/m0./s1. The van der Waals surface area contributed by atoms with E-state index in [4.69, 9.17) is 19.6 Å². The molecule has 0 bridgehead atoms. The first-order valence-electron chi connectivity index (χ1n) is 9.95. The summed E-state index contributed by atoms with van der Waals surface area (Å²) in [6.07, 6.45) is 5.96. The molecule has 9 nitrogen and oxygen atoms in total. The van der Waals surface area contributed by atoms with Gasteiger partial charge in [-0.05, 0) is 30.9 Å². The van der Waals surface area contributed by atoms with Crippen molar-refractivity contribution < 1.29 is 19.4 Å². The summed E-state index contributed by atoms with van der Waals surface area (Å²) in [7, 11) is 0. The molecular weight excluding hydrogens is 374 g/mol. The molecule has 9 heteroatoms. The molecule has 1 fully saturated rings. The SMILES string of the molecule is CC[C@H](C)[C@H]1c2nc(-c3cccnc3)nn2CCN1C(=O)[C@H]1CCCO1.O=CO. The Hall–Kier alpha value is -2.81. The number of ether oxygens (including phenoxy) is 1. The molecule has 1 saturated heterocycles. The summed E-state index contributed by atoms with van der Waals surface area (Å²) in [5, 5.41) is 11.6. The lowest BCUT2D eigenvalue weighted by Gasteiger charge is -2.39. The highest BCUT2D eigenvalue weighted by atomic mass is 16.5. The molecule has 4 rings (SSSR count). The fraction of sp³-hybridized carbons (Fsp3) is 0.550. The Labute approximate surface area is 169 Å². The van der Waals surface area contributed by atoms with Gasteiger partial charge in [-0.15, -0.1) is 0 Å². The summed E-state index contributed by atoms with van der Waals surface area (Å²) in [5.41, 5.74) is 0.898. The van der Waals surface area contributed by atoms with Gasteiger partial charge in [0, 0.05) is 31.1 Å². The Morgan fingerprint density at radius 3 is 2.86 bits per heavy atom. The first-order chi connectivity index (χ1) is 14.1. The topological polar surface area (TPSA) is 110 Å². The molecular formula is C20H27N5O4. The minimum absolute atomic E-state index is 0.0663. The molecule has 3 atom stereocenters. The van der Waals surface area contributed by atoms with Crippen LogP contribution in [0.25, 0.3) is 11.4 Å². The van der Waals surface area contributed by atoms with E-state index in [1.54, 1.807) is 12.4 Å². The number of hydrogen-bond donors (Lipinski definition) is 1. The number of carbonyl (C=O) groups excluding carboxylic acids is 1. The molecule has 0 spiro atoms. The highest BCUT2D eigenvalue weighted by molar-refractivity contribution is 5.81. The molecule has 0 unspecified atom stereocenters. The lowest BCUT2D eigenvalue weighted by atomic mass is 9.94. The zero-order valence-corrected chi connectivity index (χ0v) is 16.8. The molecule has 2 aromatic heterocycles. The van der Waals surface area contributed by atoms with Gasteiger partial charge in [-0.3, -0.25) is 14.6 Å². The van der Waals surface area contributed by atoms with Gasteiger partial charge in [-0.25, -0.2) is 9.67 Å². The summed E-state index contributed by atoms with van der Waals surface area (Å²) in [4.78, 5) is 32.4. The lowest BCUT2D eigenvalue weighted by molar-refractivity contribution is -0.146. The fourth-order valence-corrected chi connectivity index (χ4v) is 3.83. The summed E-state index contributed by atoms with van der Waals surface area (Å²) in [5.74, 6) is 1.94. The van der Waals surface area contributed by atoms with Crippen molar-refractivity contribution in [3.8, 4) is 11.4 Å². The van der Waals surface area contributed by atoms with Crippen molar-refractivity contribution in [3.63, 3.8) is 0 Å². The van der Waals surface area contributed by atoms with Gasteiger partial charge in [0.15, 0.2) is 11.6 Å². The smallest absolute Gasteiger partial charge is 0.290 e. The van der Waals surface area contributed by atoms with Crippen molar-refractivity contribution in [1.82, 2.24) is 24.6 Å². The Morgan fingerprint density at radius 1 is 1.45 bits per heavy atom. The number of rotatable bonds is 4. The third-order valence-electron chi connectivity index (χ3n) is 5.44. The maximum absolute atomic E-state index is 13.1. The highest BCUT2D eigenvalue weighted by Gasteiger charge is 2.40. The molecule has 2 aliphatic heterocycles. The van der Waals surface area contributed by atoms with Crippen LogP contribution in [-0.4, -0.2) is 61.4 Å². The predicted molar refractivity (Wildman–Crippen MR) is 105 cm³/mol. The van der Waals surface area contributed by atoms with Gasteiger partial charge in [-0.2, -0.15) is 5.10 Å². The summed E-state index contributed by atoms with van der Waals surface area (Å²) < 4.78 is 7.61. The molecule has 2 aromatic rings. The number of aromatic nitrogens is 4. The molecule has 29 heavy (non-hydrogen) atoms. The first-order valence-corrected chi connectivity index (χ1v) is 9.95. The van der Waals surface area contributed by atoms with E-state index in [-0.39, 0.29) is 24.5 Å². The van der Waals surface area contributed by atoms with Crippen LogP contribution in [0, 0.1) is 5.92 Å². The Bertz CT molecular complexity index is 820. The lowest BCUT2D eigenvalue weighted by Crippen LogP contribution is -2.48. The fourth-order valence-electron chi connectivity index (χ4n) is 3.83. The number of amides is 1. The van der Waals surface area contributed by atoms with Crippen molar-refractivity contribution in [3.05, 3.63) is 30.4 Å². The van der Waals surface area contributed by atoms with E-state index >= 15 is 0 Å². The van der Waals surface area contributed by atoms with Crippen LogP contribution in [-0.2, 0) is 20.9 Å². The van der Waals surface area contributed by atoms with Crippen LogP contribution in [0.4, 0.5) is 0 Å². The van der Waals surface area contributed by atoms with E-state index in [0.29, 0.717) is 31.4 Å². The van der Waals surface area contributed by atoms with E-state index in [2.05, 4.69) is 23.9 Å². The number of pyridine rings is 1. The Kier molecular flexibility index (Phi) is 6.92. The minimum Gasteiger partial charge on any atom is -0.483 e.